The van der Waals surface area contributed by atoms with Crippen LogP contribution in [0.4, 0.5) is 0 Å². The van der Waals surface area contributed by atoms with Crippen LogP contribution in [0.1, 0.15) is 150 Å². The minimum Gasteiger partial charge on any atom is -0.469 e. The van der Waals surface area contributed by atoms with E-state index in [9.17, 15) is 9.59 Å². The summed E-state index contributed by atoms with van der Waals surface area (Å²) < 4.78 is 4.70. The first-order valence-corrected chi connectivity index (χ1v) is 13.8. The molecule has 33 heavy (non-hydrogen) atoms. The Morgan fingerprint density at radius 2 is 1.18 bits per heavy atom. The molecule has 1 N–H and O–H groups in total. The Morgan fingerprint density at radius 3 is 1.67 bits per heavy atom. The Balaban J connectivity index is 2.08. The minimum atomic E-state index is -0.180. The molecule has 4 heteroatoms. The summed E-state index contributed by atoms with van der Waals surface area (Å²) in [7, 11) is 1.42. The first kappa shape index (κ1) is 29.5. The third kappa shape index (κ3) is 13.0. The SMILES string of the molecule is CCCCCCCCCCCCCCCCCC(=O)c1c(C)[nH]c(CCCC(=O)OC)c1C. The molecule has 1 heterocycles. The van der Waals surface area contributed by atoms with Gasteiger partial charge in [0, 0.05) is 29.8 Å². The zero-order chi connectivity index (χ0) is 24.3. The van der Waals surface area contributed by atoms with Crippen LogP contribution in [-0.4, -0.2) is 23.8 Å². The van der Waals surface area contributed by atoms with E-state index in [1.165, 1.54) is 90.6 Å². The van der Waals surface area contributed by atoms with E-state index >= 15 is 0 Å². The molecule has 1 aromatic heterocycles. The van der Waals surface area contributed by atoms with Crippen molar-refractivity contribution in [3.8, 4) is 0 Å². The molecule has 0 fully saturated rings. The van der Waals surface area contributed by atoms with Crippen LogP contribution in [0, 0.1) is 13.8 Å². The van der Waals surface area contributed by atoms with Gasteiger partial charge in [0.2, 0.25) is 0 Å². The smallest absolute Gasteiger partial charge is 0.305 e. The molecule has 0 saturated heterocycles. The fourth-order valence-electron chi connectivity index (χ4n) is 4.78. The first-order valence-electron chi connectivity index (χ1n) is 13.8. The number of methoxy groups -OCH3 is 1. The average Bonchev–Trinajstić information content (AvgIpc) is 3.09. The van der Waals surface area contributed by atoms with Gasteiger partial charge in [0.25, 0.3) is 0 Å². The van der Waals surface area contributed by atoms with Crippen molar-refractivity contribution in [1.82, 2.24) is 4.98 Å². The summed E-state index contributed by atoms with van der Waals surface area (Å²) >= 11 is 0. The lowest BCUT2D eigenvalue weighted by Crippen LogP contribution is -2.03. The number of ketones is 1. The van der Waals surface area contributed by atoms with Crippen LogP contribution in [0.2, 0.25) is 0 Å². The Kier molecular flexibility index (Phi) is 16.8. The maximum Gasteiger partial charge on any atom is 0.305 e. The summed E-state index contributed by atoms with van der Waals surface area (Å²) in [5.74, 6) is 0.0792. The highest BCUT2D eigenvalue weighted by atomic mass is 16.5. The number of unbranched alkanes of at least 4 members (excludes halogenated alkanes) is 14. The standard InChI is InChI=1S/C29H51NO3/c1-5-6-7-8-9-10-11-12-13-14-15-16-17-18-19-22-27(31)29-24(2)26(30-25(29)3)21-20-23-28(32)33-4/h30H,5-23H2,1-4H3. The number of hydrogen-bond donors (Lipinski definition) is 1. The molecule has 0 amide bonds. The number of aromatic amines is 1. The monoisotopic (exact) mass is 461 g/mol. The molecule has 0 radical (unpaired) electrons. The fourth-order valence-corrected chi connectivity index (χ4v) is 4.78. The number of nitrogens with one attached hydrogen (secondary N) is 1. The number of H-pyrrole nitrogens is 1. The molecule has 0 atom stereocenters. The van der Waals surface area contributed by atoms with Gasteiger partial charge in [0.15, 0.2) is 5.78 Å². The summed E-state index contributed by atoms with van der Waals surface area (Å²) in [6, 6.07) is 0. The Morgan fingerprint density at radius 1 is 0.697 bits per heavy atom. The molecule has 0 aliphatic carbocycles. The van der Waals surface area contributed by atoms with Crippen LogP contribution >= 0.6 is 0 Å². The maximum atomic E-state index is 12.8. The topological polar surface area (TPSA) is 59.2 Å². The molecule has 0 bridgehead atoms. The lowest BCUT2D eigenvalue weighted by atomic mass is 9.99. The normalized spacial score (nSPS) is 11.2. The van der Waals surface area contributed by atoms with Crippen LogP contribution in [0.25, 0.3) is 0 Å². The third-order valence-corrected chi connectivity index (χ3v) is 6.86. The Hall–Kier alpha value is -1.58. The van der Waals surface area contributed by atoms with Gasteiger partial charge in [-0.15, -0.1) is 0 Å². The molecule has 1 rings (SSSR count). The molecule has 1 aromatic rings. The zero-order valence-corrected chi connectivity index (χ0v) is 22.2. The van der Waals surface area contributed by atoms with Crippen molar-refractivity contribution in [3.05, 3.63) is 22.5 Å². The summed E-state index contributed by atoms with van der Waals surface area (Å²) in [6.07, 6.45) is 22.6. The van der Waals surface area contributed by atoms with Gasteiger partial charge in [-0.3, -0.25) is 9.59 Å². The van der Waals surface area contributed by atoms with E-state index in [1.54, 1.807) is 0 Å². The second-order valence-corrected chi connectivity index (χ2v) is 9.78. The van der Waals surface area contributed by atoms with Crippen LogP contribution in [0.5, 0.6) is 0 Å². The van der Waals surface area contributed by atoms with Crippen molar-refractivity contribution in [2.24, 2.45) is 0 Å². The largest absolute Gasteiger partial charge is 0.469 e. The van der Waals surface area contributed by atoms with E-state index in [0.717, 1.165) is 48.2 Å². The van der Waals surface area contributed by atoms with Crippen molar-refractivity contribution in [2.75, 3.05) is 7.11 Å². The van der Waals surface area contributed by atoms with Crippen LogP contribution in [0.15, 0.2) is 0 Å². The van der Waals surface area contributed by atoms with Crippen molar-refractivity contribution < 1.29 is 14.3 Å². The molecule has 0 unspecified atom stereocenters. The third-order valence-electron chi connectivity index (χ3n) is 6.86. The van der Waals surface area contributed by atoms with Gasteiger partial charge < -0.3 is 9.72 Å². The minimum absolute atomic E-state index is 0.180. The van der Waals surface area contributed by atoms with E-state index < -0.39 is 0 Å². The molecule has 0 saturated carbocycles. The van der Waals surface area contributed by atoms with Gasteiger partial charge >= 0.3 is 5.97 Å². The summed E-state index contributed by atoms with van der Waals surface area (Å²) in [5.41, 5.74) is 3.97. The Bertz CT molecular complexity index is 662. The fraction of sp³-hybridized carbons (Fsp3) is 0.793. The summed E-state index contributed by atoms with van der Waals surface area (Å²) in [4.78, 5) is 27.4. The second-order valence-electron chi connectivity index (χ2n) is 9.78. The van der Waals surface area contributed by atoms with Crippen LogP contribution in [0.3, 0.4) is 0 Å². The van der Waals surface area contributed by atoms with E-state index in [4.69, 9.17) is 4.74 Å². The lowest BCUT2D eigenvalue weighted by Gasteiger charge is -2.05. The lowest BCUT2D eigenvalue weighted by molar-refractivity contribution is -0.140. The summed E-state index contributed by atoms with van der Waals surface area (Å²) in [6.45, 7) is 6.28. The van der Waals surface area contributed by atoms with Gasteiger partial charge in [-0.2, -0.15) is 0 Å². The highest BCUT2D eigenvalue weighted by Gasteiger charge is 2.17. The number of aryl methyl sites for hydroxylation is 2. The van der Waals surface area contributed by atoms with Crippen molar-refractivity contribution >= 4 is 11.8 Å². The summed E-state index contributed by atoms with van der Waals surface area (Å²) in [5, 5.41) is 0. The van der Waals surface area contributed by atoms with E-state index in [-0.39, 0.29) is 11.8 Å². The number of rotatable bonds is 21. The number of hydrogen-bond acceptors (Lipinski definition) is 3. The Labute approximate surface area is 203 Å². The predicted molar refractivity (Wildman–Crippen MR) is 139 cm³/mol. The quantitative estimate of drug-likeness (QED) is 0.113. The van der Waals surface area contributed by atoms with Crippen LogP contribution < -0.4 is 0 Å². The number of carbonyl (C=O) groups is 2. The molecule has 0 aromatic carbocycles. The van der Waals surface area contributed by atoms with Gasteiger partial charge in [-0.25, -0.2) is 0 Å². The van der Waals surface area contributed by atoms with Gasteiger partial charge in [0.05, 0.1) is 7.11 Å². The van der Waals surface area contributed by atoms with Gasteiger partial charge in [-0.05, 0) is 38.7 Å². The molecular formula is C29H51NO3. The van der Waals surface area contributed by atoms with Crippen molar-refractivity contribution in [3.63, 3.8) is 0 Å². The van der Waals surface area contributed by atoms with Crippen molar-refractivity contribution in [1.29, 1.82) is 0 Å². The molecular weight excluding hydrogens is 410 g/mol. The number of Topliss-reactive ketones (excluding diaryl/α,β-unsaturated/α-hetero) is 1. The number of aromatic nitrogens is 1. The van der Waals surface area contributed by atoms with E-state index in [1.807, 2.05) is 13.8 Å². The zero-order valence-electron chi connectivity index (χ0n) is 22.2. The molecule has 0 spiro atoms. The maximum absolute atomic E-state index is 12.8. The first-order chi connectivity index (χ1) is 16.0. The second kappa shape index (κ2) is 18.8. The molecule has 4 nitrogen and oxygen atoms in total. The van der Waals surface area contributed by atoms with Crippen molar-refractivity contribution in [2.45, 2.75) is 143 Å². The van der Waals surface area contributed by atoms with Crippen LogP contribution in [-0.2, 0) is 16.0 Å². The van der Waals surface area contributed by atoms with Gasteiger partial charge in [-0.1, -0.05) is 96.8 Å². The number of carbonyl (C=O) groups excluding carboxylic acids is 2. The molecule has 0 aliphatic rings. The molecule has 190 valence electrons. The number of ether oxygens (including phenoxy) is 1. The predicted octanol–water partition coefficient (Wildman–Crippen LogP) is 8.57. The van der Waals surface area contributed by atoms with E-state index in [2.05, 4.69) is 11.9 Å². The number of esters is 1. The van der Waals surface area contributed by atoms with Gasteiger partial charge in [0.1, 0.15) is 0 Å². The molecule has 0 aliphatic heterocycles. The average molecular weight is 462 g/mol. The van der Waals surface area contributed by atoms with E-state index in [0.29, 0.717) is 12.8 Å². The highest BCUT2D eigenvalue weighted by Crippen LogP contribution is 2.22. The highest BCUT2D eigenvalue weighted by molar-refractivity contribution is 5.98.